The van der Waals surface area contributed by atoms with Crippen LogP contribution in [0.15, 0.2) is 0 Å². The van der Waals surface area contributed by atoms with Gasteiger partial charge in [0.25, 0.3) is 0 Å². The molecular weight excluding hydrogens is 254 g/mol. The molecule has 0 saturated carbocycles. The lowest BCUT2D eigenvalue weighted by Gasteiger charge is -2.38. The monoisotopic (exact) mass is 291 g/mol. The predicted octanol–water partition coefficient (Wildman–Crippen LogP) is 6.09. The molecule has 0 saturated heterocycles. The third-order valence-electron chi connectivity index (χ3n) is 4.35. The second kappa shape index (κ2) is 13.2. The molecule has 0 aliphatic carbocycles. The molecule has 0 bridgehead atoms. The van der Waals surface area contributed by atoms with Gasteiger partial charge in [-0.05, 0) is 31.6 Å². The van der Waals surface area contributed by atoms with Gasteiger partial charge in [-0.25, -0.2) is 0 Å². The summed E-state index contributed by atoms with van der Waals surface area (Å²) in [6, 6.07) is 0. The molecule has 2 heteroatoms. The quantitative estimate of drug-likeness (QED) is 0.462. The highest BCUT2D eigenvalue weighted by molar-refractivity contribution is 5.85. The molecule has 19 heavy (non-hydrogen) atoms. The first-order chi connectivity index (χ1) is 8.64. The summed E-state index contributed by atoms with van der Waals surface area (Å²) >= 11 is 0. The number of hydrogen-bond acceptors (Lipinski definition) is 1. The molecular formula is C17H38ClN. The number of rotatable bonds is 12. The van der Waals surface area contributed by atoms with Crippen LogP contribution in [0.25, 0.3) is 0 Å². The van der Waals surface area contributed by atoms with Gasteiger partial charge in [0.15, 0.2) is 0 Å². The third-order valence-corrected chi connectivity index (χ3v) is 4.35. The standard InChI is InChI=1S/C17H37N.ClH/c1-5-9-13-16(12-8-4)17(18,14-10-6-2)15-11-7-3;/h16H,5-15,18H2,1-4H3;1H. The maximum absolute atomic E-state index is 6.84. The summed E-state index contributed by atoms with van der Waals surface area (Å²) in [4.78, 5) is 0. The number of nitrogens with two attached hydrogens (primary N) is 1. The third kappa shape index (κ3) is 8.92. The van der Waals surface area contributed by atoms with Crippen LogP contribution >= 0.6 is 12.4 Å². The Morgan fingerprint density at radius 2 is 1.21 bits per heavy atom. The van der Waals surface area contributed by atoms with Gasteiger partial charge < -0.3 is 5.73 Å². The first kappa shape index (κ1) is 21.5. The van der Waals surface area contributed by atoms with E-state index in [4.69, 9.17) is 5.73 Å². The molecule has 0 fully saturated rings. The zero-order valence-corrected chi connectivity index (χ0v) is 14.7. The SMILES string of the molecule is CCCCC(CCC)C(N)(CCCC)CCCC.Cl. The van der Waals surface area contributed by atoms with Crippen molar-refractivity contribution in [3.63, 3.8) is 0 Å². The number of unbranched alkanes of at least 4 members (excludes halogenated alkanes) is 3. The number of halogens is 1. The molecule has 0 rings (SSSR count). The van der Waals surface area contributed by atoms with Gasteiger partial charge in [0.1, 0.15) is 0 Å². The lowest BCUT2D eigenvalue weighted by atomic mass is 9.73. The highest BCUT2D eigenvalue weighted by Crippen LogP contribution is 2.33. The molecule has 1 nitrogen and oxygen atoms in total. The highest BCUT2D eigenvalue weighted by Gasteiger charge is 2.32. The molecule has 0 amide bonds. The minimum Gasteiger partial charge on any atom is -0.325 e. The Morgan fingerprint density at radius 1 is 0.737 bits per heavy atom. The summed E-state index contributed by atoms with van der Waals surface area (Å²) in [6.07, 6.45) is 14.2. The summed E-state index contributed by atoms with van der Waals surface area (Å²) < 4.78 is 0. The Kier molecular flexibility index (Phi) is 15.0. The van der Waals surface area contributed by atoms with Crippen LogP contribution in [0.3, 0.4) is 0 Å². The van der Waals surface area contributed by atoms with E-state index in [2.05, 4.69) is 27.7 Å². The van der Waals surface area contributed by atoms with E-state index in [0.29, 0.717) is 0 Å². The van der Waals surface area contributed by atoms with E-state index in [1.54, 1.807) is 0 Å². The minimum absolute atomic E-state index is 0. The Balaban J connectivity index is 0. The molecule has 0 aliphatic rings. The zero-order valence-electron chi connectivity index (χ0n) is 13.8. The lowest BCUT2D eigenvalue weighted by molar-refractivity contribution is 0.196. The summed E-state index contributed by atoms with van der Waals surface area (Å²) in [5.74, 6) is 0.751. The second-order valence-electron chi connectivity index (χ2n) is 6.07. The van der Waals surface area contributed by atoms with Crippen LogP contribution in [-0.4, -0.2) is 5.54 Å². The molecule has 0 radical (unpaired) electrons. The van der Waals surface area contributed by atoms with Gasteiger partial charge in [-0.1, -0.05) is 72.6 Å². The fraction of sp³-hybridized carbons (Fsp3) is 1.00. The second-order valence-corrected chi connectivity index (χ2v) is 6.07. The van der Waals surface area contributed by atoms with Gasteiger partial charge in [-0.15, -0.1) is 12.4 Å². The fourth-order valence-electron chi connectivity index (χ4n) is 3.06. The summed E-state index contributed by atoms with van der Waals surface area (Å²) in [5.41, 5.74) is 6.96. The van der Waals surface area contributed by atoms with Crippen molar-refractivity contribution in [1.82, 2.24) is 0 Å². The van der Waals surface area contributed by atoms with Crippen molar-refractivity contribution in [2.24, 2.45) is 11.7 Å². The highest BCUT2D eigenvalue weighted by atomic mass is 35.5. The van der Waals surface area contributed by atoms with E-state index in [1.807, 2.05) is 0 Å². The Bertz CT molecular complexity index is 174. The van der Waals surface area contributed by atoms with Gasteiger partial charge in [-0.2, -0.15) is 0 Å². The maximum Gasteiger partial charge on any atom is 0.0182 e. The largest absolute Gasteiger partial charge is 0.325 e. The van der Waals surface area contributed by atoms with E-state index in [1.165, 1.54) is 70.6 Å². The molecule has 118 valence electrons. The van der Waals surface area contributed by atoms with Crippen LogP contribution in [0, 0.1) is 5.92 Å². The Labute approximate surface area is 128 Å². The van der Waals surface area contributed by atoms with Gasteiger partial charge in [0.2, 0.25) is 0 Å². The number of hydrogen-bond donors (Lipinski definition) is 1. The van der Waals surface area contributed by atoms with E-state index >= 15 is 0 Å². The van der Waals surface area contributed by atoms with Gasteiger partial charge >= 0.3 is 0 Å². The summed E-state index contributed by atoms with van der Waals surface area (Å²) in [5, 5.41) is 0. The van der Waals surface area contributed by atoms with Crippen molar-refractivity contribution >= 4 is 12.4 Å². The van der Waals surface area contributed by atoms with Crippen molar-refractivity contribution < 1.29 is 0 Å². The first-order valence-electron chi connectivity index (χ1n) is 8.43. The predicted molar refractivity (Wildman–Crippen MR) is 91.1 cm³/mol. The van der Waals surface area contributed by atoms with E-state index in [-0.39, 0.29) is 17.9 Å². The van der Waals surface area contributed by atoms with Crippen LogP contribution < -0.4 is 5.73 Å². The van der Waals surface area contributed by atoms with Crippen molar-refractivity contribution in [3.8, 4) is 0 Å². The first-order valence-corrected chi connectivity index (χ1v) is 8.43. The Morgan fingerprint density at radius 3 is 1.58 bits per heavy atom. The molecule has 0 spiro atoms. The average Bonchev–Trinajstić information content (AvgIpc) is 2.38. The van der Waals surface area contributed by atoms with Crippen LogP contribution in [0.4, 0.5) is 0 Å². The van der Waals surface area contributed by atoms with Crippen LogP contribution in [0.1, 0.15) is 98.3 Å². The minimum atomic E-state index is 0. The van der Waals surface area contributed by atoms with Crippen LogP contribution in [-0.2, 0) is 0 Å². The molecule has 0 aromatic rings. The van der Waals surface area contributed by atoms with Gasteiger partial charge in [0.05, 0.1) is 0 Å². The molecule has 0 aliphatic heterocycles. The van der Waals surface area contributed by atoms with E-state index in [0.717, 1.165) is 5.92 Å². The van der Waals surface area contributed by atoms with Crippen molar-refractivity contribution in [3.05, 3.63) is 0 Å². The maximum atomic E-state index is 6.84. The van der Waals surface area contributed by atoms with Crippen molar-refractivity contribution in [2.45, 2.75) is 104 Å². The molecule has 1 atom stereocenters. The average molecular weight is 292 g/mol. The summed E-state index contributed by atoms with van der Waals surface area (Å²) in [7, 11) is 0. The zero-order chi connectivity index (χ0) is 13.9. The molecule has 1 unspecified atom stereocenters. The smallest absolute Gasteiger partial charge is 0.0182 e. The lowest BCUT2D eigenvalue weighted by Crippen LogP contribution is -2.47. The molecule has 0 heterocycles. The van der Waals surface area contributed by atoms with Gasteiger partial charge in [0, 0.05) is 5.54 Å². The normalized spacial score (nSPS) is 13.1. The van der Waals surface area contributed by atoms with Crippen LogP contribution in [0.5, 0.6) is 0 Å². The molecule has 2 N–H and O–H groups in total. The van der Waals surface area contributed by atoms with Crippen molar-refractivity contribution in [1.29, 1.82) is 0 Å². The fourth-order valence-corrected chi connectivity index (χ4v) is 3.06. The molecule has 0 aromatic carbocycles. The Hall–Kier alpha value is 0.250. The van der Waals surface area contributed by atoms with Gasteiger partial charge in [-0.3, -0.25) is 0 Å². The van der Waals surface area contributed by atoms with E-state index in [9.17, 15) is 0 Å². The van der Waals surface area contributed by atoms with Crippen molar-refractivity contribution in [2.75, 3.05) is 0 Å². The topological polar surface area (TPSA) is 26.0 Å². The molecule has 0 aromatic heterocycles. The summed E-state index contributed by atoms with van der Waals surface area (Å²) in [6.45, 7) is 9.15. The van der Waals surface area contributed by atoms with E-state index < -0.39 is 0 Å². The van der Waals surface area contributed by atoms with Crippen LogP contribution in [0.2, 0.25) is 0 Å².